The SMILES string of the molecule is CC(=O)Nc1ccc(NS(=O)(=O)c2ccc(Br)s2)cc1C. The summed E-state index contributed by atoms with van der Waals surface area (Å²) < 4.78 is 27.9. The smallest absolute Gasteiger partial charge is 0.271 e. The van der Waals surface area contributed by atoms with Crippen LogP contribution in [0.3, 0.4) is 0 Å². The van der Waals surface area contributed by atoms with Gasteiger partial charge in [0.2, 0.25) is 5.91 Å². The standard InChI is InChI=1S/C13H13BrN2O3S2/c1-8-7-10(3-4-11(8)15-9(2)17)16-21(18,19)13-6-5-12(14)20-13/h3-7,16H,1-2H3,(H,15,17). The van der Waals surface area contributed by atoms with Crippen LogP contribution in [0.4, 0.5) is 11.4 Å². The van der Waals surface area contributed by atoms with E-state index in [2.05, 4.69) is 26.0 Å². The molecule has 0 radical (unpaired) electrons. The number of halogens is 1. The summed E-state index contributed by atoms with van der Waals surface area (Å²) in [5.74, 6) is -0.171. The highest BCUT2D eigenvalue weighted by molar-refractivity contribution is 9.11. The van der Waals surface area contributed by atoms with E-state index in [9.17, 15) is 13.2 Å². The van der Waals surface area contributed by atoms with Crippen LogP contribution in [0, 0.1) is 6.92 Å². The van der Waals surface area contributed by atoms with Crippen molar-refractivity contribution >= 4 is 54.6 Å². The molecule has 0 aliphatic rings. The molecular formula is C13H13BrN2O3S2. The Kier molecular flexibility index (Phi) is 4.70. The zero-order valence-corrected chi connectivity index (χ0v) is 14.5. The monoisotopic (exact) mass is 388 g/mol. The molecule has 2 N–H and O–H groups in total. The zero-order chi connectivity index (χ0) is 15.6. The lowest BCUT2D eigenvalue weighted by Crippen LogP contribution is -2.12. The van der Waals surface area contributed by atoms with Crippen molar-refractivity contribution in [3.63, 3.8) is 0 Å². The molecule has 0 bridgehead atoms. The van der Waals surface area contributed by atoms with Crippen molar-refractivity contribution in [3.05, 3.63) is 39.7 Å². The molecule has 112 valence electrons. The largest absolute Gasteiger partial charge is 0.326 e. The first-order valence-electron chi connectivity index (χ1n) is 5.94. The molecule has 1 aromatic carbocycles. The Balaban J connectivity index is 2.24. The quantitative estimate of drug-likeness (QED) is 0.840. The normalized spacial score (nSPS) is 11.2. The highest BCUT2D eigenvalue weighted by Crippen LogP contribution is 2.28. The summed E-state index contributed by atoms with van der Waals surface area (Å²) in [4.78, 5) is 11.0. The van der Waals surface area contributed by atoms with E-state index >= 15 is 0 Å². The molecule has 1 aromatic heterocycles. The third-order valence-electron chi connectivity index (χ3n) is 2.60. The van der Waals surface area contributed by atoms with Crippen molar-refractivity contribution in [2.75, 3.05) is 10.0 Å². The lowest BCUT2D eigenvalue weighted by molar-refractivity contribution is -0.114. The molecule has 0 unspecified atom stereocenters. The second kappa shape index (κ2) is 6.17. The molecule has 1 heterocycles. The number of carbonyl (C=O) groups is 1. The molecule has 2 rings (SSSR count). The van der Waals surface area contributed by atoms with Crippen molar-refractivity contribution in [2.45, 2.75) is 18.1 Å². The van der Waals surface area contributed by atoms with E-state index in [0.29, 0.717) is 11.4 Å². The predicted molar refractivity (Wildman–Crippen MR) is 88.3 cm³/mol. The topological polar surface area (TPSA) is 75.3 Å². The van der Waals surface area contributed by atoms with Gasteiger partial charge in [0.15, 0.2) is 0 Å². The van der Waals surface area contributed by atoms with E-state index in [1.165, 1.54) is 13.0 Å². The minimum absolute atomic E-state index is 0.171. The molecule has 0 saturated heterocycles. The molecule has 0 saturated carbocycles. The van der Waals surface area contributed by atoms with Crippen molar-refractivity contribution in [2.24, 2.45) is 0 Å². The van der Waals surface area contributed by atoms with Crippen molar-refractivity contribution in [3.8, 4) is 0 Å². The van der Waals surface area contributed by atoms with Gasteiger partial charge < -0.3 is 5.32 Å². The first-order chi connectivity index (χ1) is 9.78. The summed E-state index contributed by atoms with van der Waals surface area (Å²) in [6.45, 7) is 3.22. The molecule has 0 aliphatic carbocycles. The van der Waals surface area contributed by atoms with Crippen molar-refractivity contribution < 1.29 is 13.2 Å². The molecule has 0 atom stereocenters. The van der Waals surface area contributed by atoms with E-state index < -0.39 is 10.0 Å². The van der Waals surface area contributed by atoms with Crippen LogP contribution >= 0.6 is 27.3 Å². The number of thiophene rings is 1. The van der Waals surface area contributed by atoms with E-state index in [0.717, 1.165) is 20.7 Å². The van der Waals surface area contributed by atoms with E-state index in [4.69, 9.17) is 0 Å². The molecule has 0 fully saturated rings. The highest BCUT2D eigenvalue weighted by Gasteiger charge is 2.17. The van der Waals surface area contributed by atoms with E-state index in [-0.39, 0.29) is 10.1 Å². The second-order valence-corrected chi connectivity index (χ2v) is 8.75. The lowest BCUT2D eigenvalue weighted by Gasteiger charge is -2.10. The third-order valence-corrected chi connectivity index (χ3v) is 6.10. The summed E-state index contributed by atoms with van der Waals surface area (Å²) in [5, 5.41) is 2.68. The highest BCUT2D eigenvalue weighted by atomic mass is 79.9. The molecular weight excluding hydrogens is 376 g/mol. The Morgan fingerprint density at radius 1 is 1.24 bits per heavy atom. The van der Waals surface area contributed by atoms with Gasteiger partial charge in [0, 0.05) is 18.3 Å². The number of benzene rings is 1. The van der Waals surface area contributed by atoms with Crippen LogP contribution in [-0.4, -0.2) is 14.3 Å². The predicted octanol–water partition coefficient (Wildman–Crippen LogP) is 3.58. The van der Waals surface area contributed by atoms with Gasteiger partial charge in [-0.1, -0.05) is 0 Å². The Hall–Kier alpha value is -1.38. The fourth-order valence-electron chi connectivity index (χ4n) is 1.70. The van der Waals surface area contributed by atoms with Gasteiger partial charge in [0.1, 0.15) is 4.21 Å². The fourth-order valence-corrected chi connectivity index (χ4v) is 4.76. The van der Waals surface area contributed by atoms with E-state index in [1.807, 2.05) is 0 Å². The van der Waals surface area contributed by atoms with Crippen molar-refractivity contribution in [1.82, 2.24) is 0 Å². The van der Waals surface area contributed by atoms with Crippen molar-refractivity contribution in [1.29, 1.82) is 0 Å². The maximum Gasteiger partial charge on any atom is 0.271 e. The van der Waals surface area contributed by atoms with Gasteiger partial charge in [0.25, 0.3) is 10.0 Å². The third kappa shape index (κ3) is 4.05. The number of rotatable bonds is 4. The number of hydrogen-bond donors (Lipinski definition) is 2. The van der Waals surface area contributed by atoms with Crippen LogP contribution < -0.4 is 10.0 Å². The number of anilines is 2. The van der Waals surface area contributed by atoms with E-state index in [1.54, 1.807) is 31.2 Å². The average Bonchev–Trinajstić information content (AvgIpc) is 2.79. The molecule has 1 amide bonds. The maximum atomic E-state index is 12.2. The average molecular weight is 389 g/mol. The Labute approximate surface area is 135 Å². The Morgan fingerprint density at radius 2 is 1.95 bits per heavy atom. The summed E-state index contributed by atoms with van der Waals surface area (Å²) in [7, 11) is -3.59. The number of aryl methyl sites for hydroxylation is 1. The molecule has 8 heteroatoms. The first-order valence-corrected chi connectivity index (χ1v) is 9.03. The second-order valence-electron chi connectivity index (χ2n) is 4.37. The van der Waals surface area contributed by atoms with Gasteiger partial charge in [0.05, 0.1) is 3.79 Å². The van der Waals surface area contributed by atoms with Crippen LogP contribution in [-0.2, 0) is 14.8 Å². The maximum absolute atomic E-state index is 12.2. The molecule has 21 heavy (non-hydrogen) atoms. The minimum Gasteiger partial charge on any atom is -0.326 e. The summed E-state index contributed by atoms with van der Waals surface area (Å²) in [6, 6.07) is 8.17. The van der Waals surface area contributed by atoms with Gasteiger partial charge in [-0.3, -0.25) is 9.52 Å². The van der Waals surface area contributed by atoms with Crippen LogP contribution in [0.2, 0.25) is 0 Å². The van der Waals surface area contributed by atoms with Gasteiger partial charge in [-0.15, -0.1) is 11.3 Å². The van der Waals surface area contributed by atoms with Gasteiger partial charge in [-0.05, 0) is 58.7 Å². The van der Waals surface area contributed by atoms with Crippen LogP contribution in [0.25, 0.3) is 0 Å². The molecule has 2 aromatic rings. The Bertz CT molecular complexity index is 784. The lowest BCUT2D eigenvalue weighted by atomic mass is 10.2. The zero-order valence-electron chi connectivity index (χ0n) is 11.3. The van der Waals surface area contributed by atoms with Crippen LogP contribution in [0.5, 0.6) is 0 Å². The Morgan fingerprint density at radius 3 is 2.48 bits per heavy atom. The van der Waals surface area contributed by atoms with Gasteiger partial charge >= 0.3 is 0 Å². The molecule has 0 aliphatic heterocycles. The minimum atomic E-state index is -3.59. The van der Waals surface area contributed by atoms with Crippen LogP contribution in [0.15, 0.2) is 38.3 Å². The molecule has 0 spiro atoms. The molecule has 5 nitrogen and oxygen atoms in total. The number of hydrogen-bond acceptors (Lipinski definition) is 4. The first kappa shape index (κ1) is 16.0. The number of amides is 1. The summed E-state index contributed by atoms with van der Waals surface area (Å²) in [6.07, 6.45) is 0. The summed E-state index contributed by atoms with van der Waals surface area (Å²) >= 11 is 4.38. The van der Waals surface area contributed by atoms with Gasteiger partial charge in [-0.2, -0.15) is 0 Å². The number of sulfonamides is 1. The number of nitrogens with one attached hydrogen (secondary N) is 2. The fraction of sp³-hybridized carbons (Fsp3) is 0.154. The van der Waals surface area contributed by atoms with Crippen LogP contribution in [0.1, 0.15) is 12.5 Å². The van der Waals surface area contributed by atoms with Gasteiger partial charge in [-0.25, -0.2) is 8.42 Å². The number of carbonyl (C=O) groups excluding carboxylic acids is 1. The summed E-state index contributed by atoms with van der Waals surface area (Å²) in [5.41, 5.74) is 1.88.